The normalized spacial score (nSPS) is 19.0. The molecule has 0 spiro atoms. The van der Waals surface area contributed by atoms with Crippen molar-refractivity contribution in [2.24, 2.45) is 0 Å². The van der Waals surface area contributed by atoms with E-state index in [2.05, 4.69) is 15.3 Å². The minimum Gasteiger partial charge on any atom is -0.354 e. The van der Waals surface area contributed by atoms with Crippen LogP contribution >= 0.6 is 12.2 Å². The van der Waals surface area contributed by atoms with E-state index in [0.717, 1.165) is 41.3 Å². The third-order valence-corrected chi connectivity index (χ3v) is 4.31. The van der Waals surface area contributed by atoms with E-state index in [-0.39, 0.29) is 11.9 Å². The fraction of sp³-hybridized carbons (Fsp3) is 0.267. The zero-order valence-electron chi connectivity index (χ0n) is 11.3. The van der Waals surface area contributed by atoms with Gasteiger partial charge in [-0.1, -0.05) is 18.2 Å². The number of benzene rings is 1. The van der Waals surface area contributed by atoms with Crippen LogP contribution in [0.15, 0.2) is 30.5 Å². The number of H-pyrrole nitrogens is 1. The van der Waals surface area contributed by atoms with Crippen molar-refractivity contribution in [2.75, 3.05) is 6.54 Å². The number of para-hydroxylation sites is 1. The highest BCUT2D eigenvalue weighted by atomic mass is 32.1. The van der Waals surface area contributed by atoms with Gasteiger partial charge in [-0.15, -0.1) is 0 Å². The van der Waals surface area contributed by atoms with E-state index in [1.165, 1.54) is 0 Å². The topological polar surface area (TPSA) is 62.7 Å². The number of hydrogen-bond acceptors (Lipinski definition) is 3. The molecule has 1 aliphatic rings. The van der Waals surface area contributed by atoms with E-state index < -0.39 is 0 Å². The van der Waals surface area contributed by atoms with Crippen LogP contribution in [0, 0.1) is 4.77 Å². The van der Waals surface area contributed by atoms with E-state index in [9.17, 15) is 4.79 Å². The highest BCUT2D eigenvalue weighted by Gasteiger charge is 2.26. The zero-order valence-corrected chi connectivity index (χ0v) is 12.1. The van der Waals surface area contributed by atoms with Crippen molar-refractivity contribution in [1.29, 1.82) is 0 Å². The second kappa shape index (κ2) is 4.66. The minimum absolute atomic E-state index is 0.0409. The van der Waals surface area contributed by atoms with Gasteiger partial charge in [0.15, 0.2) is 4.77 Å². The quantitative estimate of drug-likeness (QED) is 0.679. The summed E-state index contributed by atoms with van der Waals surface area (Å²) in [6.07, 6.45) is 3.56. The summed E-state index contributed by atoms with van der Waals surface area (Å²) in [6, 6.07) is 7.68. The summed E-state index contributed by atoms with van der Waals surface area (Å²) in [4.78, 5) is 19.8. The molecule has 2 N–H and O–H groups in total. The summed E-state index contributed by atoms with van der Waals surface area (Å²) in [5.41, 5.74) is 2.74. The fourth-order valence-corrected chi connectivity index (χ4v) is 3.38. The number of piperidine rings is 1. The predicted octanol–water partition coefficient (Wildman–Crippen LogP) is 2.70. The Hall–Kier alpha value is -2.21. The molecule has 1 atom stereocenters. The van der Waals surface area contributed by atoms with Gasteiger partial charge >= 0.3 is 0 Å². The standard InChI is InChI=1S/C15H14N4OS/c20-14-12(6-3-7-16-14)19-13-9-4-1-2-5-10(9)17-8-11(13)18-15(19)21/h1-2,4-5,8,12H,3,6-7H2,(H,16,20)(H,18,21). The second-order valence-corrected chi connectivity index (χ2v) is 5.67. The van der Waals surface area contributed by atoms with Crippen molar-refractivity contribution in [3.05, 3.63) is 35.2 Å². The van der Waals surface area contributed by atoms with Gasteiger partial charge in [-0.25, -0.2) is 0 Å². The molecular formula is C15H14N4OS. The smallest absolute Gasteiger partial charge is 0.243 e. The second-order valence-electron chi connectivity index (χ2n) is 5.29. The summed E-state index contributed by atoms with van der Waals surface area (Å²) in [7, 11) is 0. The summed E-state index contributed by atoms with van der Waals surface area (Å²) >= 11 is 5.45. The van der Waals surface area contributed by atoms with E-state index in [1.54, 1.807) is 6.20 Å². The lowest BCUT2D eigenvalue weighted by Crippen LogP contribution is -2.37. The van der Waals surface area contributed by atoms with E-state index in [1.807, 2.05) is 28.8 Å². The Labute approximate surface area is 126 Å². The Kier molecular flexibility index (Phi) is 2.78. The Bertz CT molecular complexity index is 911. The number of aromatic amines is 1. The van der Waals surface area contributed by atoms with Crippen LogP contribution in [0.2, 0.25) is 0 Å². The van der Waals surface area contributed by atoms with Gasteiger partial charge in [-0.3, -0.25) is 9.78 Å². The first-order valence-corrected chi connectivity index (χ1v) is 7.42. The lowest BCUT2D eigenvalue weighted by molar-refractivity contribution is -0.125. The summed E-state index contributed by atoms with van der Waals surface area (Å²) < 4.78 is 2.52. The zero-order chi connectivity index (χ0) is 14.4. The number of fused-ring (bicyclic) bond motifs is 3. The number of amides is 1. The van der Waals surface area contributed by atoms with Crippen LogP contribution in [-0.2, 0) is 4.79 Å². The lowest BCUT2D eigenvalue weighted by atomic mass is 10.1. The van der Waals surface area contributed by atoms with Crippen molar-refractivity contribution in [3.8, 4) is 0 Å². The van der Waals surface area contributed by atoms with E-state index in [0.29, 0.717) is 4.77 Å². The van der Waals surface area contributed by atoms with Crippen molar-refractivity contribution >= 4 is 40.1 Å². The average molecular weight is 298 g/mol. The molecule has 1 aliphatic heterocycles. The molecule has 4 rings (SSSR count). The molecule has 3 heterocycles. The van der Waals surface area contributed by atoms with Crippen molar-refractivity contribution < 1.29 is 4.79 Å². The molecule has 1 fully saturated rings. The van der Waals surface area contributed by atoms with Crippen LogP contribution in [0.25, 0.3) is 21.9 Å². The maximum atomic E-state index is 12.2. The molecule has 1 aromatic carbocycles. The Morgan fingerprint density at radius 2 is 2.19 bits per heavy atom. The first kappa shape index (κ1) is 12.5. The molecule has 0 radical (unpaired) electrons. The van der Waals surface area contributed by atoms with Gasteiger partial charge in [0.1, 0.15) is 6.04 Å². The van der Waals surface area contributed by atoms with Gasteiger partial charge in [0.2, 0.25) is 5.91 Å². The maximum Gasteiger partial charge on any atom is 0.243 e. The van der Waals surface area contributed by atoms with Gasteiger partial charge in [0.05, 0.1) is 22.7 Å². The number of imidazole rings is 1. The van der Waals surface area contributed by atoms with Gasteiger partial charge in [-0.05, 0) is 31.1 Å². The molecular weight excluding hydrogens is 284 g/mol. The number of nitrogens with zero attached hydrogens (tertiary/aromatic N) is 2. The van der Waals surface area contributed by atoms with Gasteiger partial charge in [0.25, 0.3) is 0 Å². The molecule has 21 heavy (non-hydrogen) atoms. The number of pyridine rings is 1. The lowest BCUT2D eigenvalue weighted by Gasteiger charge is -2.23. The van der Waals surface area contributed by atoms with Crippen LogP contribution in [0.1, 0.15) is 18.9 Å². The maximum absolute atomic E-state index is 12.2. The number of carbonyl (C=O) groups excluding carboxylic acids is 1. The third-order valence-electron chi connectivity index (χ3n) is 4.02. The molecule has 0 saturated carbocycles. The molecule has 3 aromatic rings. The van der Waals surface area contributed by atoms with Crippen LogP contribution < -0.4 is 5.32 Å². The van der Waals surface area contributed by atoms with Crippen molar-refractivity contribution in [1.82, 2.24) is 19.9 Å². The van der Waals surface area contributed by atoms with Gasteiger partial charge < -0.3 is 14.9 Å². The minimum atomic E-state index is -0.245. The first-order chi connectivity index (χ1) is 10.3. The number of nitrogens with one attached hydrogen (secondary N) is 2. The fourth-order valence-electron chi connectivity index (χ4n) is 3.05. The van der Waals surface area contributed by atoms with Crippen molar-refractivity contribution in [2.45, 2.75) is 18.9 Å². The Morgan fingerprint density at radius 3 is 3.05 bits per heavy atom. The summed E-state index contributed by atoms with van der Waals surface area (Å²) in [5.74, 6) is 0.0409. The summed E-state index contributed by atoms with van der Waals surface area (Å²) in [5, 5.41) is 3.94. The highest BCUT2D eigenvalue weighted by molar-refractivity contribution is 7.71. The molecule has 5 nitrogen and oxygen atoms in total. The first-order valence-electron chi connectivity index (χ1n) is 7.01. The SMILES string of the molecule is O=C1NCCCC1n1c(=S)[nH]c2cnc3ccccc3c21. The molecule has 106 valence electrons. The van der Waals surface area contributed by atoms with Crippen LogP contribution in [0.4, 0.5) is 0 Å². The number of hydrogen-bond donors (Lipinski definition) is 2. The molecule has 1 saturated heterocycles. The molecule has 1 amide bonds. The number of rotatable bonds is 1. The predicted molar refractivity (Wildman–Crippen MR) is 83.7 cm³/mol. The highest BCUT2D eigenvalue weighted by Crippen LogP contribution is 2.29. The molecule has 0 bridgehead atoms. The number of aromatic nitrogens is 3. The molecule has 6 heteroatoms. The monoisotopic (exact) mass is 298 g/mol. The summed E-state index contributed by atoms with van der Waals surface area (Å²) in [6.45, 7) is 0.743. The Balaban J connectivity index is 2.08. The van der Waals surface area contributed by atoms with Crippen LogP contribution in [0.5, 0.6) is 0 Å². The largest absolute Gasteiger partial charge is 0.354 e. The van der Waals surface area contributed by atoms with E-state index in [4.69, 9.17) is 12.2 Å². The van der Waals surface area contributed by atoms with Gasteiger partial charge in [-0.2, -0.15) is 0 Å². The van der Waals surface area contributed by atoms with Crippen LogP contribution in [0.3, 0.4) is 0 Å². The molecule has 2 aromatic heterocycles. The third kappa shape index (κ3) is 1.86. The average Bonchev–Trinajstić information content (AvgIpc) is 2.84. The van der Waals surface area contributed by atoms with Gasteiger partial charge in [0, 0.05) is 11.9 Å². The van der Waals surface area contributed by atoms with Crippen molar-refractivity contribution in [3.63, 3.8) is 0 Å². The van der Waals surface area contributed by atoms with E-state index >= 15 is 0 Å². The molecule has 1 unspecified atom stereocenters. The number of carbonyl (C=O) groups is 1. The molecule has 0 aliphatic carbocycles. The van der Waals surface area contributed by atoms with Crippen LogP contribution in [-0.4, -0.2) is 27.0 Å². The Morgan fingerprint density at radius 1 is 1.33 bits per heavy atom.